The molecule has 2 N–H and O–H groups in total. The predicted octanol–water partition coefficient (Wildman–Crippen LogP) is 4.02. The lowest BCUT2D eigenvalue weighted by Gasteiger charge is -2.14. The third-order valence-electron chi connectivity index (χ3n) is 3.11. The van der Waals surface area contributed by atoms with Gasteiger partial charge in [0, 0.05) is 17.2 Å². The summed E-state index contributed by atoms with van der Waals surface area (Å²) in [7, 11) is 0. The van der Waals surface area contributed by atoms with Crippen LogP contribution in [0.5, 0.6) is 0 Å². The summed E-state index contributed by atoms with van der Waals surface area (Å²) in [6.07, 6.45) is 2.66. The number of hydrogen-bond acceptors (Lipinski definition) is 3. The molecule has 0 aromatic heterocycles. The van der Waals surface area contributed by atoms with Gasteiger partial charge in [0.15, 0.2) is 0 Å². The number of carboxylic acids is 1. The van der Waals surface area contributed by atoms with Crippen molar-refractivity contribution >= 4 is 29.3 Å². The van der Waals surface area contributed by atoms with Crippen molar-refractivity contribution in [1.82, 2.24) is 0 Å². The smallest absolute Gasteiger partial charge is 0.303 e. The first-order valence-electron chi connectivity index (χ1n) is 7.29. The maximum atomic E-state index is 12.1. The topological polar surface area (TPSA) is 66.4 Å². The first kappa shape index (κ1) is 17.6. The van der Waals surface area contributed by atoms with E-state index in [0.29, 0.717) is 6.42 Å². The summed E-state index contributed by atoms with van der Waals surface area (Å²) in [6.45, 7) is 4.00. The van der Waals surface area contributed by atoms with Crippen LogP contribution in [0.25, 0.3) is 0 Å². The van der Waals surface area contributed by atoms with E-state index in [-0.39, 0.29) is 18.2 Å². The van der Waals surface area contributed by atoms with E-state index >= 15 is 0 Å². The molecular formula is C16H23NO3S. The molecule has 0 aliphatic carbocycles. The van der Waals surface area contributed by atoms with Crippen LogP contribution in [0.1, 0.15) is 39.5 Å². The lowest BCUT2D eigenvalue weighted by molar-refractivity contribution is -0.137. The summed E-state index contributed by atoms with van der Waals surface area (Å²) in [6, 6.07) is 7.65. The molecule has 1 rings (SSSR count). The molecule has 0 spiro atoms. The number of carboxylic acid groups (broad SMARTS) is 1. The number of rotatable bonds is 9. The fourth-order valence-electron chi connectivity index (χ4n) is 1.92. The summed E-state index contributed by atoms with van der Waals surface area (Å²) in [5.74, 6) is -0.00922. The summed E-state index contributed by atoms with van der Waals surface area (Å²) >= 11 is 1.58. The van der Waals surface area contributed by atoms with Gasteiger partial charge < -0.3 is 10.4 Å². The quantitative estimate of drug-likeness (QED) is 0.534. The number of anilines is 1. The lowest BCUT2D eigenvalue weighted by atomic mass is 10.1. The van der Waals surface area contributed by atoms with Crippen molar-refractivity contribution in [3.05, 3.63) is 24.3 Å². The third-order valence-corrected chi connectivity index (χ3v) is 4.27. The van der Waals surface area contributed by atoms with Crippen LogP contribution < -0.4 is 5.32 Å². The number of para-hydroxylation sites is 1. The molecule has 4 nitrogen and oxygen atoms in total. The van der Waals surface area contributed by atoms with E-state index in [9.17, 15) is 9.59 Å². The highest BCUT2D eigenvalue weighted by molar-refractivity contribution is 7.99. The van der Waals surface area contributed by atoms with E-state index in [1.807, 2.05) is 31.2 Å². The highest BCUT2D eigenvalue weighted by Crippen LogP contribution is 2.28. The molecule has 1 atom stereocenters. The van der Waals surface area contributed by atoms with Crippen LogP contribution in [-0.4, -0.2) is 22.7 Å². The van der Waals surface area contributed by atoms with Gasteiger partial charge in [-0.1, -0.05) is 32.4 Å². The number of carbonyl (C=O) groups excluding carboxylic acids is 1. The van der Waals surface area contributed by atoms with Gasteiger partial charge in [-0.2, -0.15) is 0 Å². The minimum atomic E-state index is -0.773. The Bertz CT molecular complexity index is 476. The zero-order valence-corrected chi connectivity index (χ0v) is 13.4. The van der Waals surface area contributed by atoms with Gasteiger partial charge >= 0.3 is 5.97 Å². The normalized spacial score (nSPS) is 11.9. The second-order valence-corrected chi connectivity index (χ2v) is 6.16. The average Bonchev–Trinajstić information content (AvgIpc) is 2.45. The van der Waals surface area contributed by atoms with Crippen LogP contribution in [0.3, 0.4) is 0 Å². The standard InChI is InChI=1S/C16H23NO3S/c1-3-7-12(2)16(20)17-13-8-4-5-9-14(13)21-11-6-10-15(18)19/h4-5,8-9,12H,3,6-7,10-11H2,1-2H3,(H,17,20)(H,18,19). The number of thioether (sulfide) groups is 1. The van der Waals surface area contributed by atoms with Crippen LogP contribution in [-0.2, 0) is 9.59 Å². The van der Waals surface area contributed by atoms with Crippen molar-refractivity contribution in [3.8, 4) is 0 Å². The Balaban J connectivity index is 2.58. The molecule has 1 unspecified atom stereocenters. The molecule has 0 saturated carbocycles. The second-order valence-electron chi connectivity index (χ2n) is 5.02. The van der Waals surface area contributed by atoms with Crippen molar-refractivity contribution in [2.45, 2.75) is 44.4 Å². The lowest BCUT2D eigenvalue weighted by Crippen LogP contribution is -2.20. The van der Waals surface area contributed by atoms with Crippen LogP contribution in [0, 0.1) is 5.92 Å². The zero-order valence-electron chi connectivity index (χ0n) is 12.6. The number of carbonyl (C=O) groups is 2. The molecule has 1 amide bonds. The van der Waals surface area contributed by atoms with Gasteiger partial charge in [-0.3, -0.25) is 9.59 Å². The van der Waals surface area contributed by atoms with Gasteiger partial charge in [0.25, 0.3) is 0 Å². The number of benzene rings is 1. The minimum absolute atomic E-state index is 0.0000616. The molecule has 0 saturated heterocycles. The van der Waals surface area contributed by atoms with Crippen LogP contribution in [0.15, 0.2) is 29.2 Å². The van der Waals surface area contributed by atoms with E-state index in [0.717, 1.165) is 29.2 Å². The Labute approximate surface area is 130 Å². The first-order chi connectivity index (χ1) is 10.0. The fourth-order valence-corrected chi connectivity index (χ4v) is 2.88. The summed E-state index contributed by atoms with van der Waals surface area (Å²) in [4.78, 5) is 23.6. The van der Waals surface area contributed by atoms with Crippen LogP contribution in [0.4, 0.5) is 5.69 Å². The monoisotopic (exact) mass is 309 g/mol. The number of aliphatic carboxylic acids is 1. The SMILES string of the molecule is CCCC(C)C(=O)Nc1ccccc1SCCCC(=O)O. The van der Waals surface area contributed by atoms with Crippen molar-refractivity contribution in [1.29, 1.82) is 0 Å². The number of hydrogen-bond donors (Lipinski definition) is 2. The van der Waals surface area contributed by atoms with Crippen molar-refractivity contribution in [3.63, 3.8) is 0 Å². The Hall–Kier alpha value is -1.49. The van der Waals surface area contributed by atoms with E-state index in [2.05, 4.69) is 12.2 Å². The third kappa shape index (κ3) is 6.67. The Morgan fingerprint density at radius 2 is 2.05 bits per heavy atom. The molecule has 0 aliphatic rings. The molecule has 0 radical (unpaired) electrons. The maximum Gasteiger partial charge on any atom is 0.303 e. The largest absolute Gasteiger partial charge is 0.481 e. The van der Waals surface area contributed by atoms with Crippen molar-refractivity contribution in [2.24, 2.45) is 5.92 Å². The molecule has 21 heavy (non-hydrogen) atoms. The maximum absolute atomic E-state index is 12.1. The Kier molecular flexibility index (Phi) is 7.90. The molecule has 0 bridgehead atoms. The van der Waals surface area contributed by atoms with E-state index in [1.165, 1.54) is 0 Å². The molecule has 1 aromatic rings. The molecule has 0 aliphatic heterocycles. The van der Waals surface area contributed by atoms with Crippen molar-refractivity contribution in [2.75, 3.05) is 11.1 Å². The zero-order chi connectivity index (χ0) is 15.7. The summed E-state index contributed by atoms with van der Waals surface area (Å²) in [5, 5.41) is 11.6. The van der Waals surface area contributed by atoms with Crippen molar-refractivity contribution < 1.29 is 14.7 Å². The highest BCUT2D eigenvalue weighted by atomic mass is 32.2. The Morgan fingerprint density at radius 3 is 2.71 bits per heavy atom. The fraction of sp³-hybridized carbons (Fsp3) is 0.500. The summed E-state index contributed by atoms with van der Waals surface area (Å²) < 4.78 is 0. The Morgan fingerprint density at radius 1 is 1.33 bits per heavy atom. The highest BCUT2D eigenvalue weighted by Gasteiger charge is 2.13. The average molecular weight is 309 g/mol. The molecule has 0 heterocycles. The second kappa shape index (κ2) is 9.45. The molecule has 0 fully saturated rings. The number of amides is 1. The van der Waals surface area contributed by atoms with Gasteiger partial charge in [-0.05, 0) is 30.7 Å². The predicted molar refractivity (Wildman–Crippen MR) is 86.7 cm³/mol. The molecular weight excluding hydrogens is 286 g/mol. The number of nitrogens with one attached hydrogen (secondary N) is 1. The van der Waals surface area contributed by atoms with Crippen LogP contribution >= 0.6 is 11.8 Å². The van der Waals surface area contributed by atoms with Gasteiger partial charge in [-0.15, -0.1) is 11.8 Å². The van der Waals surface area contributed by atoms with Gasteiger partial charge in [0.1, 0.15) is 0 Å². The first-order valence-corrected chi connectivity index (χ1v) is 8.27. The van der Waals surface area contributed by atoms with E-state index in [4.69, 9.17) is 5.11 Å². The molecule has 5 heteroatoms. The van der Waals surface area contributed by atoms with E-state index in [1.54, 1.807) is 11.8 Å². The van der Waals surface area contributed by atoms with Gasteiger partial charge in [-0.25, -0.2) is 0 Å². The van der Waals surface area contributed by atoms with Crippen LogP contribution in [0.2, 0.25) is 0 Å². The minimum Gasteiger partial charge on any atom is -0.481 e. The van der Waals surface area contributed by atoms with Gasteiger partial charge in [0.05, 0.1) is 5.69 Å². The summed E-state index contributed by atoms with van der Waals surface area (Å²) in [5.41, 5.74) is 0.811. The van der Waals surface area contributed by atoms with E-state index < -0.39 is 5.97 Å². The molecule has 116 valence electrons. The molecule has 1 aromatic carbocycles. The van der Waals surface area contributed by atoms with Gasteiger partial charge in [0.2, 0.25) is 5.91 Å².